The predicted octanol–water partition coefficient (Wildman–Crippen LogP) is 2.80. The van der Waals surface area contributed by atoms with Crippen molar-refractivity contribution in [1.82, 2.24) is 30.0 Å². The molecule has 7 heteroatoms. The average Bonchev–Trinajstić information content (AvgIpc) is 2.97. The van der Waals surface area contributed by atoms with Gasteiger partial charge in [-0.25, -0.2) is 4.79 Å². The highest BCUT2D eigenvalue weighted by Crippen LogP contribution is 2.26. The first-order chi connectivity index (χ1) is 13.7. The van der Waals surface area contributed by atoms with E-state index in [9.17, 15) is 4.79 Å². The first-order valence-corrected chi connectivity index (χ1v) is 10.6. The monoisotopic (exact) mass is 382 g/mol. The van der Waals surface area contributed by atoms with Crippen LogP contribution in [0.1, 0.15) is 56.2 Å². The number of carbonyl (C=O) groups excluding carboxylic acids is 1. The topological polar surface area (TPSA) is 75.9 Å². The van der Waals surface area contributed by atoms with Crippen molar-refractivity contribution in [3.8, 4) is 0 Å². The Bertz CT molecular complexity index is 783. The molecule has 0 aromatic carbocycles. The second-order valence-electron chi connectivity index (χ2n) is 8.10. The number of fused-ring (bicyclic) bond motifs is 1. The van der Waals surface area contributed by atoms with E-state index in [1.165, 1.54) is 32.1 Å². The summed E-state index contributed by atoms with van der Waals surface area (Å²) in [5.41, 5.74) is 1.12. The molecule has 3 heterocycles. The summed E-state index contributed by atoms with van der Waals surface area (Å²) in [5, 5.41) is 12.0. The maximum absolute atomic E-state index is 12.8. The van der Waals surface area contributed by atoms with Gasteiger partial charge in [-0.2, -0.15) is 0 Å². The van der Waals surface area contributed by atoms with Crippen molar-refractivity contribution in [2.75, 3.05) is 13.1 Å². The van der Waals surface area contributed by atoms with Gasteiger partial charge in [-0.1, -0.05) is 25.3 Å². The van der Waals surface area contributed by atoms with Crippen molar-refractivity contribution in [1.29, 1.82) is 0 Å². The van der Waals surface area contributed by atoms with Crippen LogP contribution in [0.2, 0.25) is 0 Å². The number of amides is 2. The van der Waals surface area contributed by atoms with Gasteiger partial charge in [-0.3, -0.25) is 4.98 Å². The molecule has 0 saturated heterocycles. The lowest BCUT2D eigenvalue weighted by molar-refractivity contribution is 0.186. The van der Waals surface area contributed by atoms with E-state index >= 15 is 0 Å². The van der Waals surface area contributed by atoms with Gasteiger partial charge in [0.2, 0.25) is 0 Å². The highest BCUT2D eigenvalue weighted by molar-refractivity contribution is 5.74. The molecular formula is C21H30N6O. The van der Waals surface area contributed by atoms with Gasteiger partial charge in [-0.05, 0) is 37.3 Å². The lowest BCUT2D eigenvalue weighted by atomic mass is 9.84. The van der Waals surface area contributed by atoms with E-state index in [0.717, 1.165) is 30.2 Å². The normalized spacial score (nSPS) is 19.0. The average molecular weight is 383 g/mol. The molecule has 0 spiro atoms. The third kappa shape index (κ3) is 4.34. The number of carbonyl (C=O) groups is 1. The molecule has 1 saturated carbocycles. The van der Waals surface area contributed by atoms with Crippen LogP contribution in [0.4, 0.5) is 4.79 Å². The number of aromatic nitrogens is 4. The van der Waals surface area contributed by atoms with E-state index in [-0.39, 0.29) is 12.1 Å². The maximum atomic E-state index is 12.8. The highest BCUT2D eigenvalue weighted by atomic mass is 16.2. The molecule has 1 aliphatic heterocycles. The Morgan fingerprint density at radius 3 is 2.86 bits per heavy atom. The van der Waals surface area contributed by atoms with Crippen molar-refractivity contribution in [3.05, 3.63) is 41.7 Å². The zero-order chi connectivity index (χ0) is 19.3. The van der Waals surface area contributed by atoms with Crippen LogP contribution >= 0.6 is 0 Å². The molecule has 2 amide bonds. The van der Waals surface area contributed by atoms with E-state index in [1.807, 2.05) is 17.2 Å². The molecule has 150 valence electrons. The van der Waals surface area contributed by atoms with Gasteiger partial charge in [-0.15, -0.1) is 10.2 Å². The molecule has 1 atom stereocenters. The van der Waals surface area contributed by atoms with Gasteiger partial charge in [0.15, 0.2) is 0 Å². The van der Waals surface area contributed by atoms with Crippen LogP contribution in [0.25, 0.3) is 0 Å². The standard InChI is InChI=1S/C21H30N6O/c1-16(18-7-3-2-4-8-18)23-21(28)26-11-9-19-24-25-20(27(19)13-12-26)14-17-6-5-10-22-15-17/h5-6,10,15-16,18H,2-4,7-9,11-14H2,1H3,(H,23,28)/t16-/m0/s1. The molecule has 0 unspecified atom stereocenters. The van der Waals surface area contributed by atoms with Crippen molar-refractivity contribution < 1.29 is 4.79 Å². The molecule has 1 aliphatic carbocycles. The van der Waals surface area contributed by atoms with E-state index in [1.54, 1.807) is 6.20 Å². The first kappa shape index (κ1) is 18.9. The van der Waals surface area contributed by atoms with Crippen LogP contribution in [0.5, 0.6) is 0 Å². The third-order valence-corrected chi connectivity index (χ3v) is 6.18. The molecule has 2 aliphatic rings. The summed E-state index contributed by atoms with van der Waals surface area (Å²) in [6.07, 6.45) is 11.5. The van der Waals surface area contributed by atoms with Gasteiger partial charge in [0.25, 0.3) is 0 Å². The quantitative estimate of drug-likeness (QED) is 0.882. The summed E-state index contributed by atoms with van der Waals surface area (Å²) in [6.45, 7) is 4.28. The van der Waals surface area contributed by atoms with Gasteiger partial charge >= 0.3 is 6.03 Å². The molecule has 2 aromatic rings. The molecule has 4 rings (SSSR count). The molecule has 7 nitrogen and oxygen atoms in total. The van der Waals surface area contributed by atoms with Crippen LogP contribution in [0, 0.1) is 5.92 Å². The fraction of sp³-hybridized carbons (Fsp3) is 0.619. The van der Waals surface area contributed by atoms with Crippen molar-refractivity contribution in [3.63, 3.8) is 0 Å². The molecule has 1 N–H and O–H groups in total. The Labute approximate surface area is 166 Å². The second-order valence-corrected chi connectivity index (χ2v) is 8.10. The lowest BCUT2D eigenvalue weighted by Crippen LogP contribution is -2.47. The molecule has 0 radical (unpaired) electrons. The maximum Gasteiger partial charge on any atom is 0.317 e. The lowest BCUT2D eigenvalue weighted by Gasteiger charge is -2.30. The number of urea groups is 1. The molecule has 0 bridgehead atoms. The summed E-state index contributed by atoms with van der Waals surface area (Å²) in [5.74, 6) is 2.53. The Morgan fingerprint density at radius 2 is 2.07 bits per heavy atom. The zero-order valence-corrected chi connectivity index (χ0v) is 16.7. The highest BCUT2D eigenvalue weighted by Gasteiger charge is 2.26. The van der Waals surface area contributed by atoms with Crippen molar-refractivity contribution in [2.24, 2.45) is 5.92 Å². The van der Waals surface area contributed by atoms with E-state index in [2.05, 4.69) is 38.1 Å². The Kier molecular flexibility index (Phi) is 5.88. The number of nitrogens with zero attached hydrogens (tertiary/aromatic N) is 5. The van der Waals surface area contributed by atoms with Gasteiger partial charge in [0.05, 0.1) is 0 Å². The number of nitrogens with one attached hydrogen (secondary N) is 1. The third-order valence-electron chi connectivity index (χ3n) is 6.18. The van der Waals surface area contributed by atoms with Crippen molar-refractivity contribution >= 4 is 6.03 Å². The smallest absolute Gasteiger partial charge is 0.317 e. The molecule has 1 fully saturated rings. The molecule has 2 aromatic heterocycles. The van der Waals surface area contributed by atoms with Crippen LogP contribution in [-0.2, 0) is 19.4 Å². The summed E-state index contributed by atoms with van der Waals surface area (Å²) >= 11 is 0. The number of hydrogen-bond donors (Lipinski definition) is 1. The predicted molar refractivity (Wildman–Crippen MR) is 107 cm³/mol. The first-order valence-electron chi connectivity index (χ1n) is 10.6. The summed E-state index contributed by atoms with van der Waals surface area (Å²) in [7, 11) is 0. The number of hydrogen-bond acceptors (Lipinski definition) is 4. The summed E-state index contributed by atoms with van der Waals surface area (Å²) in [6, 6.07) is 4.30. The van der Waals surface area contributed by atoms with Crippen LogP contribution in [0.15, 0.2) is 24.5 Å². The molecular weight excluding hydrogens is 352 g/mol. The fourth-order valence-electron chi connectivity index (χ4n) is 4.44. The van der Waals surface area contributed by atoms with Gasteiger partial charge < -0.3 is 14.8 Å². The van der Waals surface area contributed by atoms with Crippen molar-refractivity contribution in [2.45, 2.75) is 64.5 Å². The number of rotatable bonds is 4. The number of pyridine rings is 1. The van der Waals surface area contributed by atoms with Crippen LogP contribution in [-0.4, -0.2) is 49.8 Å². The van der Waals surface area contributed by atoms with Gasteiger partial charge in [0.1, 0.15) is 11.6 Å². The van der Waals surface area contributed by atoms with Gasteiger partial charge in [0, 0.05) is 50.9 Å². The summed E-state index contributed by atoms with van der Waals surface area (Å²) < 4.78 is 2.17. The Balaban J connectivity index is 1.36. The van der Waals surface area contributed by atoms with E-state index in [4.69, 9.17) is 0 Å². The minimum absolute atomic E-state index is 0.0607. The zero-order valence-electron chi connectivity index (χ0n) is 16.7. The van der Waals surface area contributed by atoms with E-state index in [0.29, 0.717) is 25.4 Å². The summed E-state index contributed by atoms with van der Waals surface area (Å²) in [4.78, 5) is 18.9. The SMILES string of the molecule is C[C@H](NC(=O)N1CCc2nnc(Cc3cccnc3)n2CC1)C1CCCCC1. The van der Waals surface area contributed by atoms with E-state index < -0.39 is 0 Å². The fourth-order valence-corrected chi connectivity index (χ4v) is 4.44. The second kappa shape index (κ2) is 8.71. The molecule has 28 heavy (non-hydrogen) atoms. The minimum atomic E-state index is 0.0607. The van der Waals surface area contributed by atoms with Crippen LogP contribution < -0.4 is 5.32 Å². The van der Waals surface area contributed by atoms with Crippen LogP contribution in [0.3, 0.4) is 0 Å². The Hall–Kier alpha value is -2.44. The Morgan fingerprint density at radius 1 is 1.21 bits per heavy atom. The largest absolute Gasteiger partial charge is 0.335 e. The minimum Gasteiger partial charge on any atom is -0.335 e.